The lowest BCUT2D eigenvalue weighted by atomic mass is 10.3. The molecule has 84 valence electrons. The van der Waals surface area contributed by atoms with Crippen LogP contribution in [0.3, 0.4) is 0 Å². The Morgan fingerprint density at radius 2 is 2.33 bits per heavy atom. The third-order valence-electron chi connectivity index (χ3n) is 1.83. The Bertz CT molecular complexity index is 335. The van der Waals surface area contributed by atoms with Crippen molar-refractivity contribution in [3.8, 4) is 0 Å². The molecule has 0 saturated carbocycles. The molecule has 1 rings (SSSR count). The third kappa shape index (κ3) is 3.69. The van der Waals surface area contributed by atoms with Gasteiger partial charge in [0.15, 0.2) is 0 Å². The molecule has 1 aromatic rings. The highest BCUT2D eigenvalue weighted by Gasteiger charge is 2.13. The first-order valence-corrected chi connectivity index (χ1v) is 4.58. The number of aliphatic hydroxyl groups is 1. The van der Waals surface area contributed by atoms with Crippen molar-refractivity contribution >= 4 is 5.88 Å². The van der Waals surface area contributed by atoms with Crippen molar-refractivity contribution in [1.29, 1.82) is 0 Å². The van der Waals surface area contributed by atoms with Gasteiger partial charge < -0.3 is 9.52 Å². The van der Waals surface area contributed by atoms with Crippen LogP contribution in [0.2, 0.25) is 0 Å². The van der Waals surface area contributed by atoms with E-state index in [4.69, 9.17) is 9.52 Å². The number of aliphatic hydroxyl groups excluding tert-OH is 1. The molecular weight excluding hydrogens is 200 g/mol. The van der Waals surface area contributed by atoms with E-state index < -0.39 is 11.0 Å². The van der Waals surface area contributed by atoms with Gasteiger partial charge in [0, 0.05) is 6.54 Å². The molecule has 0 aliphatic rings. The van der Waals surface area contributed by atoms with Gasteiger partial charge in [0.1, 0.15) is 10.7 Å². The van der Waals surface area contributed by atoms with E-state index in [0.29, 0.717) is 18.8 Å². The first-order valence-electron chi connectivity index (χ1n) is 4.58. The quantitative estimate of drug-likeness (QED) is 0.584. The van der Waals surface area contributed by atoms with E-state index in [9.17, 15) is 10.1 Å². The van der Waals surface area contributed by atoms with Crippen LogP contribution in [0.25, 0.3) is 0 Å². The zero-order chi connectivity index (χ0) is 11.4. The van der Waals surface area contributed by atoms with Gasteiger partial charge in [0.25, 0.3) is 0 Å². The van der Waals surface area contributed by atoms with E-state index >= 15 is 0 Å². The van der Waals surface area contributed by atoms with Gasteiger partial charge in [-0.25, -0.2) is 0 Å². The molecular formula is C9H14N2O4. The number of nitrogens with zero attached hydrogens (tertiary/aromatic N) is 2. The largest absolute Gasteiger partial charge is 0.433 e. The highest BCUT2D eigenvalue weighted by molar-refractivity contribution is 5.17. The Morgan fingerprint density at radius 1 is 1.67 bits per heavy atom. The molecule has 15 heavy (non-hydrogen) atoms. The number of rotatable bonds is 5. The van der Waals surface area contributed by atoms with Crippen LogP contribution in [0.1, 0.15) is 12.7 Å². The van der Waals surface area contributed by atoms with E-state index in [1.54, 1.807) is 20.0 Å². The predicted octanol–water partition coefficient (Wildman–Crippen LogP) is 1.00. The Hall–Kier alpha value is -1.40. The van der Waals surface area contributed by atoms with E-state index in [-0.39, 0.29) is 5.88 Å². The second-order valence-electron chi connectivity index (χ2n) is 3.54. The van der Waals surface area contributed by atoms with Crippen LogP contribution in [-0.2, 0) is 6.54 Å². The summed E-state index contributed by atoms with van der Waals surface area (Å²) in [6.45, 7) is 2.62. The third-order valence-corrected chi connectivity index (χ3v) is 1.83. The first kappa shape index (κ1) is 11.7. The highest BCUT2D eigenvalue weighted by atomic mass is 16.6. The maximum atomic E-state index is 10.3. The van der Waals surface area contributed by atoms with E-state index in [2.05, 4.69) is 0 Å². The summed E-state index contributed by atoms with van der Waals surface area (Å²) in [5.41, 5.74) is 0. The molecule has 0 aliphatic carbocycles. The fourth-order valence-corrected chi connectivity index (χ4v) is 1.33. The molecule has 1 N–H and O–H groups in total. The predicted molar refractivity (Wildman–Crippen MR) is 53.4 cm³/mol. The number of nitro groups is 1. The lowest BCUT2D eigenvalue weighted by molar-refractivity contribution is -0.402. The topological polar surface area (TPSA) is 79.8 Å². The zero-order valence-electron chi connectivity index (χ0n) is 8.71. The summed E-state index contributed by atoms with van der Waals surface area (Å²) >= 11 is 0. The molecule has 0 aromatic carbocycles. The van der Waals surface area contributed by atoms with Gasteiger partial charge in [0.2, 0.25) is 0 Å². The molecule has 1 atom stereocenters. The van der Waals surface area contributed by atoms with Gasteiger partial charge >= 0.3 is 5.88 Å². The van der Waals surface area contributed by atoms with Gasteiger partial charge in [0.05, 0.1) is 18.7 Å². The fraction of sp³-hybridized carbons (Fsp3) is 0.556. The molecule has 0 radical (unpaired) electrons. The smallest absolute Gasteiger partial charge is 0.404 e. The maximum Gasteiger partial charge on any atom is 0.433 e. The van der Waals surface area contributed by atoms with E-state index in [1.165, 1.54) is 6.07 Å². The zero-order valence-corrected chi connectivity index (χ0v) is 8.71. The van der Waals surface area contributed by atoms with Crippen molar-refractivity contribution < 1.29 is 14.4 Å². The molecule has 0 amide bonds. The summed E-state index contributed by atoms with van der Waals surface area (Å²) in [5, 5.41) is 19.4. The van der Waals surface area contributed by atoms with Crippen molar-refractivity contribution in [3.05, 3.63) is 28.0 Å². The molecule has 0 aliphatic heterocycles. The first-order chi connectivity index (χ1) is 6.99. The Kier molecular flexibility index (Phi) is 3.81. The maximum absolute atomic E-state index is 10.3. The lowest BCUT2D eigenvalue weighted by Crippen LogP contribution is -2.26. The summed E-state index contributed by atoms with van der Waals surface area (Å²) in [6, 6.07) is 2.89. The van der Waals surface area contributed by atoms with Crippen LogP contribution in [0.5, 0.6) is 0 Å². The molecule has 0 bridgehead atoms. The normalized spacial score (nSPS) is 13.1. The average molecular weight is 214 g/mol. The number of likely N-dealkylation sites (N-methyl/N-ethyl adjacent to an activating group) is 1. The molecule has 0 fully saturated rings. The van der Waals surface area contributed by atoms with Crippen molar-refractivity contribution in [3.63, 3.8) is 0 Å². The standard InChI is InChI=1S/C9H14N2O4/c1-7(12)5-10(2)6-8-3-4-9(15-8)11(13)14/h3-4,7,12H,5-6H2,1-2H3. The molecule has 6 nitrogen and oxygen atoms in total. The molecule has 1 aromatic heterocycles. The van der Waals surface area contributed by atoms with Crippen molar-refractivity contribution in [1.82, 2.24) is 4.90 Å². The molecule has 0 saturated heterocycles. The second kappa shape index (κ2) is 4.90. The van der Waals surface area contributed by atoms with Crippen molar-refractivity contribution in [2.75, 3.05) is 13.6 Å². The van der Waals surface area contributed by atoms with Crippen LogP contribution in [-0.4, -0.2) is 34.6 Å². The fourth-order valence-electron chi connectivity index (χ4n) is 1.33. The second-order valence-corrected chi connectivity index (χ2v) is 3.54. The Balaban J connectivity index is 2.53. The Labute approximate surface area is 87.3 Å². The monoisotopic (exact) mass is 214 g/mol. The summed E-state index contributed by atoms with van der Waals surface area (Å²) in [4.78, 5) is 11.6. The number of hydrogen-bond donors (Lipinski definition) is 1. The SMILES string of the molecule is CC(O)CN(C)Cc1ccc([N+](=O)[O-])o1. The van der Waals surface area contributed by atoms with Gasteiger partial charge in [-0.3, -0.25) is 15.0 Å². The minimum atomic E-state index is -0.571. The summed E-state index contributed by atoms with van der Waals surface area (Å²) < 4.78 is 4.97. The van der Waals surface area contributed by atoms with E-state index in [0.717, 1.165) is 0 Å². The average Bonchev–Trinajstić information content (AvgIpc) is 2.50. The molecule has 1 heterocycles. The minimum absolute atomic E-state index is 0.254. The van der Waals surface area contributed by atoms with Crippen LogP contribution < -0.4 is 0 Å². The van der Waals surface area contributed by atoms with Crippen LogP contribution in [0.15, 0.2) is 16.5 Å². The van der Waals surface area contributed by atoms with Gasteiger partial charge in [-0.05, 0) is 20.0 Å². The van der Waals surface area contributed by atoms with E-state index in [1.807, 2.05) is 4.90 Å². The molecule has 0 spiro atoms. The molecule has 6 heteroatoms. The van der Waals surface area contributed by atoms with Crippen molar-refractivity contribution in [2.45, 2.75) is 19.6 Å². The van der Waals surface area contributed by atoms with Gasteiger partial charge in [-0.2, -0.15) is 0 Å². The number of hydrogen-bond acceptors (Lipinski definition) is 5. The van der Waals surface area contributed by atoms with Crippen molar-refractivity contribution in [2.24, 2.45) is 0 Å². The van der Waals surface area contributed by atoms with Crippen LogP contribution >= 0.6 is 0 Å². The van der Waals surface area contributed by atoms with Gasteiger partial charge in [-0.15, -0.1) is 0 Å². The minimum Gasteiger partial charge on any atom is -0.404 e. The lowest BCUT2D eigenvalue weighted by Gasteiger charge is -2.16. The highest BCUT2D eigenvalue weighted by Crippen LogP contribution is 2.16. The van der Waals surface area contributed by atoms with Crippen LogP contribution in [0.4, 0.5) is 5.88 Å². The number of furan rings is 1. The summed E-state index contributed by atoms with van der Waals surface area (Å²) in [5.74, 6) is 0.264. The van der Waals surface area contributed by atoms with Gasteiger partial charge in [-0.1, -0.05) is 0 Å². The Morgan fingerprint density at radius 3 is 2.80 bits per heavy atom. The van der Waals surface area contributed by atoms with Crippen LogP contribution in [0, 0.1) is 10.1 Å². The summed E-state index contributed by atoms with van der Waals surface area (Å²) in [6.07, 6.45) is -0.431. The summed E-state index contributed by atoms with van der Waals surface area (Å²) in [7, 11) is 1.81. The molecule has 1 unspecified atom stereocenters.